The third-order valence-electron chi connectivity index (χ3n) is 1.97. The average Bonchev–Trinajstić information content (AvgIpc) is 2.25. The van der Waals surface area contributed by atoms with E-state index in [9.17, 15) is 4.39 Å². The van der Waals surface area contributed by atoms with Crippen LogP contribution in [0.4, 0.5) is 4.39 Å². The molecule has 0 aliphatic rings. The second-order valence-corrected chi connectivity index (χ2v) is 4.55. The number of rotatable bonds is 7. The number of hydrogen-bond acceptors (Lipinski definition) is 3. The highest BCUT2D eigenvalue weighted by molar-refractivity contribution is 7.99. The van der Waals surface area contributed by atoms with Gasteiger partial charge in [0.25, 0.3) is 0 Å². The molecule has 1 rings (SSSR count). The van der Waals surface area contributed by atoms with E-state index in [1.54, 1.807) is 12.3 Å². The molecule has 0 amide bonds. The van der Waals surface area contributed by atoms with Crippen LogP contribution in [0, 0.1) is 5.82 Å². The Hall–Kier alpha value is -0.610. The minimum absolute atomic E-state index is 0.229. The van der Waals surface area contributed by atoms with E-state index in [1.165, 1.54) is 6.07 Å². The average molecular weight is 228 g/mol. The third-order valence-corrected chi connectivity index (χ3v) is 2.96. The Morgan fingerprint density at radius 2 is 2.40 bits per heavy atom. The van der Waals surface area contributed by atoms with Gasteiger partial charge in [-0.05, 0) is 36.6 Å². The summed E-state index contributed by atoms with van der Waals surface area (Å²) in [6, 6.07) is 3.05. The summed E-state index contributed by atoms with van der Waals surface area (Å²) < 4.78 is 13.1. The third kappa shape index (κ3) is 5.14. The summed E-state index contributed by atoms with van der Waals surface area (Å²) in [5.41, 5.74) is 0.501. The molecule has 0 atom stereocenters. The Balaban J connectivity index is 2.12. The molecule has 1 aromatic heterocycles. The van der Waals surface area contributed by atoms with Crippen molar-refractivity contribution in [2.75, 3.05) is 18.1 Å². The van der Waals surface area contributed by atoms with Gasteiger partial charge < -0.3 is 5.32 Å². The fraction of sp³-hybridized carbons (Fsp3) is 0.545. The summed E-state index contributed by atoms with van der Waals surface area (Å²) in [4.78, 5) is 3.97. The second-order valence-electron chi connectivity index (χ2n) is 3.16. The summed E-state index contributed by atoms with van der Waals surface area (Å²) in [5, 5.41) is 3.19. The van der Waals surface area contributed by atoms with Crippen molar-refractivity contribution in [2.24, 2.45) is 0 Å². The van der Waals surface area contributed by atoms with Crippen molar-refractivity contribution < 1.29 is 4.39 Å². The molecule has 0 fully saturated rings. The van der Waals surface area contributed by atoms with Crippen LogP contribution in [-0.2, 0) is 6.54 Å². The van der Waals surface area contributed by atoms with Crippen LogP contribution < -0.4 is 5.32 Å². The lowest BCUT2D eigenvalue weighted by Crippen LogP contribution is -2.17. The van der Waals surface area contributed by atoms with Crippen LogP contribution >= 0.6 is 11.8 Å². The highest BCUT2D eigenvalue weighted by Gasteiger charge is 2.00. The lowest BCUT2D eigenvalue weighted by molar-refractivity contribution is 0.573. The molecule has 1 heterocycles. The van der Waals surface area contributed by atoms with Crippen LogP contribution in [-0.4, -0.2) is 23.0 Å². The van der Waals surface area contributed by atoms with E-state index in [4.69, 9.17) is 0 Å². The Morgan fingerprint density at radius 3 is 3.13 bits per heavy atom. The van der Waals surface area contributed by atoms with Crippen LogP contribution in [0.2, 0.25) is 0 Å². The first-order valence-electron chi connectivity index (χ1n) is 5.22. The van der Waals surface area contributed by atoms with Gasteiger partial charge in [-0.2, -0.15) is 11.8 Å². The molecule has 0 saturated heterocycles. The molecule has 0 aromatic carbocycles. The lowest BCUT2D eigenvalue weighted by atomic mass is 10.3. The van der Waals surface area contributed by atoms with Gasteiger partial charge in [-0.15, -0.1) is 0 Å². The van der Waals surface area contributed by atoms with E-state index in [0.29, 0.717) is 12.2 Å². The topological polar surface area (TPSA) is 24.9 Å². The van der Waals surface area contributed by atoms with Gasteiger partial charge in [-0.25, -0.2) is 4.39 Å². The highest BCUT2D eigenvalue weighted by Crippen LogP contribution is 2.02. The Bertz CT molecular complexity index is 281. The van der Waals surface area contributed by atoms with Crippen LogP contribution in [0.5, 0.6) is 0 Å². The number of hydrogen-bond donors (Lipinski definition) is 1. The SMILES string of the molecule is CCSCCCNCc1ncccc1F. The fourth-order valence-electron chi connectivity index (χ4n) is 1.20. The molecule has 0 unspecified atom stereocenters. The molecular formula is C11H17FN2S. The van der Waals surface area contributed by atoms with Gasteiger partial charge in [0.05, 0.1) is 5.69 Å². The molecule has 0 saturated carbocycles. The van der Waals surface area contributed by atoms with E-state index >= 15 is 0 Å². The van der Waals surface area contributed by atoms with E-state index in [0.717, 1.165) is 24.5 Å². The van der Waals surface area contributed by atoms with Crippen molar-refractivity contribution in [3.05, 3.63) is 29.8 Å². The summed E-state index contributed by atoms with van der Waals surface area (Å²) in [7, 11) is 0. The van der Waals surface area contributed by atoms with Gasteiger partial charge in [0, 0.05) is 12.7 Å². The minimum Gasteiger partial charge on any atom is -0.311 e. The number of nitrogens with one attached hydrogen (secondary N) is 1. The van der Waals surface area contributed by atoms with Crippen molar-refractivity contribution >= 4 is 11.8 Å². The maximum absolute atomic E-state index is 13.1. The van der Waals surface area contributed by atoms with Gasteiger partial charge in [0.1, 0.15) is 5.82 Å². The summed E-state index contributed by atoms with van der Waals surface area (Å²) in [6.07, 6.45) is 2.74. The Labute approximate surface area is 94.7 Å². The molecule has 4 heteroatoms. The zero-order chi connectivity index (χ0) is 10.9. The van der Waals surface area contributed by atoms with Gasteiger partial charge in [0.15, 0.2) is 0 Å². The second kappa shape index (κ2) is 7.65. The fourth-order valence-corrected chi connectivity index (χ4v) is 1.84. The van der Waals surface area contributed by atoms with Crippen molar-refractivity contribution in [1.29, 1.82) is 0 Å². The first-order valence-corrected chi connectivity index (χ1v) is 6.38. The highest BCUT2D eigenvalue weighted by atomic mass is 32.2. The first-order chi connectivity index (χ1) is 7.34. The zero-order valence-electron chi connectivity index (χ0n) is 9.00. The monoisotopic (exact) mass is 228 g/mol. The van der Waals surface area contributed by atoms with Crippen molar-refractivity contribution in [1.82, 2.24) is 10.3 Å². The Kier molecular flexibility index (Phi) is 6.36. The standard InChI is InChI=1S/C11H17FN2S/c1-2-15-8-4-6-13-9-11-10(12)5-3-7-14-11/h3,5,7,13H,2,4,6,8-9H2,1H3. The van der Waals surface area contributed by atoms with Crippen LogP contribution in [0.25, 0.3) is 0 Å². The van der Waals surface area contributed by atoms with E-state index in [1.807, 2.05) is 11.8 Å². The predicted octanol–water partition coefficient (Wildman–Crippen LogP) is 2.45. The minimum atomic E-state index is -0.229. The molecule has 1 N–H and O–H groups in total. The lowest BCUT2D eigenvalue weighted by Gasteiger charge is -2.04. The Morgan fingerprint density at radius 1 is 1.53 bits per heavy atom. The predicted molar refractivity (Wildman–Crippen MR) is 63.5 cm³/mol. The first kappa shape index (κ1) is 12.5. The van der Waals surface area contributed by atoms with Crippen LogP contribution in [0.15, 0.2) is 18.3 Å². The number of pyridine rings is 1. The molecule has 0 bridgehead atoms. The molecule has 0 aliphatic heterocycles. The molecule has 15 heavy (non-hydrogen) atoms. The van der Waals surface area contributed by atoms with Crippen LogP contribution in [0.3, 0.4) is 0 Å². The van der Waals surface area contributed by atoms with E-state index in [-0.39, 0.29) is 5.82 Å². The molecule has 2 nitrogen and oxygen atoms in total. The molecule has 1 aromatic rings. The number of aromatic nitrogens is 1. The summed E-state index contributed by atoms with van der Waals surface area (Å²) >= 11 is 1.93. The zero-order valence-corrected chi connectivity index (χ0v) is 9.82. The number of thioether (sulfide) groups is 1. The van der Waals surface area contributed by atoms with E-state index in [2.05, 4.69) is 17.2 Å². The maximum atomic E-state index is 13.1. The molecule has 0 aliphatic carbocycles. The van der Waals surface area contributed by atoms with Gasteiger partial charge >= 0.3 is 0 Å². The van der Waals surface area contributed by atoms with E-state index < -0.39 is 0 Å². The number of halogens is 1. The smallest absolute Gasteiger partial charge is 0.146 e. The van der Waals surface area contributed by atoms with Gasteiger partial charge in [-0.1, -0.05) is 6.92 Å². The molecule has 0 radical (unpaired) electrons. The summed E-state index contributed by atoms with van der Waals surface area (Å²) in [6.45, 7) is 3.59. The summed E-state index contributed by atoms with van der Waals surface area (Å²) in [5.74, 6) is 2.09. The van der Waals surface area contributed by atoms with Gasteiger partial charge in [0.2, 0.25) is 0 Å². The van der Waals surface area contributed by atoms with Crippen molar-refractivity contribution in [3.8, 4) is 0 Å². The number of nitrogens with zero attached hydrogens (tertiary/aromatic N) is 1. The molecule has 84 valence electrons. The van der Waals surface area contributed by atoms with Crippen molar-refractivity contribution in [2.45, 2.75) is 19.9 Å². The normalized spacial score (nSPS) is 10.5. The molecule has 0 spiro atoms. The maximum Gasteiger partial charge on any atom is 0.146 e. The van der Waals surface area contributed by atoms with Crippen molar-refractivity contribution in [3.63, 3.8) is 0 Å². The molecular weight excluding hydrogens is 211 g/mol. The largest absolute Gasteiger partial charge is 0.311 e. The quantitative estimate of drug-likeness (QED) is 0.726. The van der Waals surface area contributed by atoms with Crippen LogP contribution in [0.1, 0.15) is 19.0 Å². The van der Waals surface area contributed by atoms with Gasteiger partial charge in [-0.3, -0.25) is 4.98 Å².